The number of rotatable bonds is 6. The molecule has 0 aromatic heterocycles. The molecule has 1 unspecified atom stereocenters. The second-order valence-electron chi connectivity index (χ2n) is 7.61. The molecule has 0 heterocycles. The van der Waals surface area contributed by atoms with Crippen LogP contribution in [0.5, 0.6) is 0 Å². The van der Waals surface area contributed by atoms with Crippen LogP contribution in [0.1, 0.15) is 52.9 Å². The average Bonchev–Trinajstić information content (AvgIpc) is 2.68. The molecule has 0 saturated heterocycles. The third-order valence-corrected chi connectivity index (χ3v) is 9.58. The van der Waals surface area contributed by atoms with Gasteiger partial charge in [-0.2, -0.15) is 0 Å². The van der Waals surface area contributed by atoms with Gasteiger partial charge < -0.3 is 4.43 Å². The summed E-state index contributed by atoms with van der Waals surface area (Å²) in [6.45, 7) is 19.5. The van der Waals surface area contributed by atoms with E-state index in [2.05, 4.69) is 53.1 Å². The fourth-order valence-corrected chi connectivity index (χ4v) is 4.44. The van der Waals surface area contributed by atoms with Crippen LogP contribution in [0, 0.1) is 5.92 Å². The molecule has 1 aliphatic carbocycles. The smallest absolute Gasteiger partial charge is 0.192 e. The minimum absolute atomic E-state index is 0.0794. The van der Waals surface area contributed by atoms with Crippen molar-refractivity contribution in [2.45, 2.75) is 76.6 Å². The maximum atomic E-state index is 6.83. The molecule has 1 aliphatic rings. The largest absolute Gasteiger partial charge is 0.411 e. The summed E-state index contributed by atoms with van der Waals surface area (Å²) >= 11 is 0. The van der Waals surface area contributed by atoms with E-state index >= 15 is 0 Å². The van der Waals surface area contributed by atoms with Crippen LogP contribution in [0.25, 0.3) is 0 Å². The third kappa shape index (κ3) is 4.06. The lowest BCUT2D eigenvalue weighted by Crippen LogP contribution is -2.49. The monoisotopic (exact) mass is 280 g/mol. The van der Waals surface area contributed by atoms with Gasteiger partial charge in [-0.3, -0.25) is 0 Å². The SMILES string of the molecule is C=CCC[C@]1(O[Si](C)(C)C(C)(C)C)CCC(C=C)C1. The molecule has 0 aromatic rings. The van der Waals surface area contributed by atoms with E-state index in [1.807, 2.05) is 6.08 Å². The van der Waals surface area contributed by atoms with Crippen molar-refractivity contribution in [3.05, 3.63) is 25.3 Å². The molecule has 1 fully saturated rings. The first kappa shape index (κ1) is 16.7. The van der Waals surface area contributed by atoms with Crippen LogP contribution in [0.3, 0.4) is 0 Å². The van der Waals surface area contributed by atoms with E-state index in [0.29, 0.717) is 5.92 Å². The van der Waals surface area contributed by atoms with E-state index < -0.39 is 8.32 Å². The Hall–Kier alpha value is -0.343. The topological polar surface area (TPSA) is 9.23 Å². The minimum atomic E-state index is -1.70. The summed E-state index contributed by atoms with van der Waals surface area (Å²) in [5.41, 5.74) is 0.0794. The highest BCUT2D eigenvalue weighted by Gasteiger charge is 2.47. The van der Waals surface area contributed by atoms with Gasteiger partial charge in [-0.25, -0.2) is 0 Å². The molecule has 1 nitrogen and oxygen atoms in total. The van der Waals surface area contributed by atoms with Gasteiger partial charge in [0.2, 0.25) is 0 Å². The van der Waals surface area contributed by atoms with Crippen LogP contribution in [0.4, 0.5) is 0 Å². The summed E-state index contributed by atoms with van der Waals surface area (Å²) in [7, 11) is -1.70. The maximum absolute atomic E-state index is 6.83. The van der Waals surface area contributed by atoms with E-state index in [9.17, 15) is 0 Å². The summed E-state index contributed by atoms with van der Waals surface area (Å²) in [6, 6.07) is 0. The van der Waals surface area contributed by atoms with Gasteiger partial charge in [0.15, 0.2) is 8.32 Å². The highest BCUT2D eigenvalue weighted by Crippen LogP contribution is 2.47. The van der Waals surface area contributed by atoms with Crippen molar-refractivity contribution in [3.8, 4) is 0 Å². The van der Waals surface area contributed by atoms with E-state index in [0.717, 1.165) is 19.3 Å². The van der Waals surface area contributed by atoms with E-state index in [-0.39, 0.29) is 10.6 Å². The van der Waals surface area contributed by atoms with Crippen LogP contribution in [0.2, 0.25) is 18.1 Å². The van der Waals surface area contributed by atoms with Crippen molar-refractivity contribution >= 4 is 8.32 Å². The van der Waals surface area contributed by atoms with Crippen LogP contribution in [-0.4, -0.2) is 13.9 Å². The van der Waals surface area contributed by atoms with Crippen molar-refractivity contribution in [3.63, 3.8) is 0 Å². The van der Waals surface area contributed by atoms with Crippen LogP contribution < -0.4 is 0 Å². The Morgan fingerprint density at radius 2 is 1.95 bits per heavy atom. The van der Waals surface area contributed by atoms with Crippen LogP contribution in [-0.2, 0) is 4.43 Å². The van der Waals surface area contributed by atoms with Crippen molar-refractivity contribution in [1.29, 1.82) is 0 Å². The van der Waals surface area contributed by atoms with Gasteiger partial charge in [0, 0.05) is 0 Å². The van der Waals surface area contributed by atoms with Gasteiger partial charge in [0.1, 0.15) is 0 Å². The van der Waals surface area contributed by atoms with Gasteiger partial charge in [-0.1, -0.05) is 32.9 Å². The van der Waals surface area contributed by atoms with Gasteiger partial charge in [0.05, 0.1) is 5.60 Å². The summed E-state index contributed by atoms with van der Waals surface area (Å²) < 4.78 is 6.83. The second-order valence-corrected chi connectivity index (χ2v) is 12.3. The maximum Gasteiger partial charge on any atom is 0.192 e. The number of hydrogen-bond acceptors (Lipinski definition) is 1. The fourth-order valence-electron chi connectivity index (χ4n) is 2.76. The molecule has 0 radical (unpaired) electrons. The Bertz CT molecular complexity index is 327. The lowest BCUT2D eigenvalue weighted by molar-refractivity contribution is 0.0496. The van der Waals surface area contributed by atoms with E-state index in [1.165, 1.54) is 12.8 Å². The van der Waals surface area contributed by atoms with Crippen molar-refractivity contribution in [1.82, 2.24) is 0 Å². The Kier molecular flexibility index (Phi) is 5.25. The molecule has 1 saturated carbocycles. The summed E-state index contributed by atoms with van der Waals surface area (Å²) in [5, 5.41) is 0.278. The zero-order valence-corrected chi connectivity index (χ0v) is 14.6. The van der Waals surface area contributed by atoms with Crippen molar-refractivity contribution < 1.29 is 4.43 Å². The molecule has 2 atom stereocenters. The van der Waals surface area contributed by atoms with E-state index in [4.69, 9.17) is 4.43 Å². The normalized spacial score (nSPS) is 28.4. The fraction of sp³-hybridized carbons (Fsp3) is 0.765. The molecule has 1 rings (SSSR count). The van der Waals surface area contributed by atoms with Crippen LogP contribution in [0.15, 0.2) is 25.3 Å². The van der Waals surface area contributed by atoms with Gasteiger partial charge in [-0.05, 0) is 56.2 Å². The Balaban J connectivity index is 2.87. The highest BCUT2D eigenvalue weighted by atomic mass is 28.4. The van der Waals surface area contributed by atoms with Gasteiger partial charge >= 0.3 is 0 Å². The Morgan fingerprint density at radius 3 is 2.37 bits per heavy atom. The molecule has 2 heteroatoms. The first-order chi connectivity index (χ1) is 8.66. The third-order valence-electron chi connectivity index (χ3n) is 5.02. The molecule has 0 N–H and O–H groups in total. The molecule has 110 valence electrons. The summed E-state index contributed by atoms with van der Waals surface area (Å²) in [4.78, 5) is 0. The average molecular weight is 281 g/mol. The predicted octanol–water partition coefficient (Wildman–Crippen LogP) is 5.70. The van der Waals surface area contributed by atoms with E-state index in [1.54, 1.807) is 0 Å². The number of allylic oxidation sites excluding steroid dienone is 2. The number of hydrogen-bond donors (Lipinski definition) is 0. The molecule has 0 amide bonds. The standard InChI is InChI=1S/C17H32OSi/c1-8-10-12-17(13-11-15(9-2)14-17)18-19(6,7)16(3,4)5/h8-9,15H,1-2,10-14H2,3-7H3/t15?,17-/m0/s1. The Morgan fingerprint density at radius 1 is 1.32 bits per heavy atom. The first-order valence-corrected chi connectivity index (χ1v) is 10.5. The summed E-state index contributed by atoms with van der Waals surface area (Å²) in [6.07, 6.45) is 9.88. The molecule has 0 aromatic carbocycles. The second kappa shape index (κ2) is 5.97. The zero-order valence-electron chi connectivity index (χ0n) is 13.6. The highest BCUT2D eigenvalue weighted by molar-refractivity contribution is 6.74. The Labute approximate surface area is 121 Å². The molecule has 0 bridgehead atoms. The first-order valence-electron chi connectivity index (χ1n) is 7.59. The lowest BCUT2D eigenvalue weighted by atomic mass is 9.94. The van der Waals surface area contributed by atoms with Crippen molar-refractivity contribution in [2.75, 3.05) is 0 Å². The molecular weight excluding hydrogens is 248 g/mol. The molecule has 0 spiro atoms. The van der Waals surface area contributed by atoms with Gasteiger partial charge in [-0.15, -0.1) is 13.2 Å². The molecular formula is C17H32OSi. The zero-order chi connectivity index (χ0) is 14.7. The van der Waals surface area contributed by atoms with Crippen molar-refractivity contribution in [2.24, 2.45) is 5.92 Å². The quantitative estimate of drug-likeness (QED) is 0.448. The molecule has 19 heavy (non-hydrogen) atoms. The minimum Gasteiger partial charge on any atom is -0.411 e. The van der Waals surface area contributed by atoms with Crippen LogP contribution >= 0.6 is 0 Å². The van der Waals surface area contributed by atoms with Gasteiger partial charge in [0.25, 0.3) is 0 Å². The summed E-state index contributed by atoms with van der Waals surface area (Å²) in [5.74, 6) is 0.634. The molecule has 0 aliphatic heterocycles. The lowest BCUT2D eigenvalue weighted by Gasteiger charge is -2.44. The predicted molar refractivity (Wildman–Crippen MR) is 88.0 cm³/mol.